The van der Waals surface area contributed by atoms with E-state index in [1.165, 1.54) is 37.3 Å². The Labute approximate surface area is 216 Å². The molecule has 0 aromatic heterocycles. The largest absolute Gasteiger partial charge is 0.573 e. The van der Waals surface area contributed by atoms with E-state index < -0.39 is 36.6 Å². The van der Waals surface area contributed by atoms with Crippen molar-refractivity contribution >= 4 is 11.6 Å². The number of rotatable bonds is 6. The van der Waals surface area contributed by atoms with Crippen LogP contribution < -0.4 is 15.0 Å². The zero-order valence-corrected chi connectivity index (χ0v) is 20.6. The number of nitrogens with one attached hydrogen (secondary N) is 1. The number of carbonyl (C=O) groups excluding carboxylic acids is 1. The molecule has 2 aromatic rings. The van der Waals surface area contributed by atoms with Gasteiger partial charge in [0.2, 0.25) is 0 Å². The van der Waals surface area contributed by atoms with Gasteiger partial charge >= 0.3 is 6.36 Å². The highest BCUT2D eigenvalue weighted by molar-refractivity contribution is 5.94. The first-order chi connectivity index (χ1) is 17.9. The van der Waals surface area contributed by atoms with Gasteiger partial charge in [0.25, 0.3) is 11.8 Å². The summed E-state index contributed by atoms with van der Waals surface area (Å²) < 4.78 is 77.0. The molecule has 3 heterocycles. The van der Waals surface area contributed by atoms with Crippen molar-refractivity contribution in [1.82, 2.24) is 10.2 Å². The number of halogens is 5. The molecule has 5 rings (SSSR count). The lowest BCUT2D eigenvalue weighted by Gasteiger charge is -2.45. The molecule has 3 aliphatic rings. The van der Waals surface area contributed by atoms with Gasteiger partial charge in [-0.15, -0.1) is 13.2 Å². The van der Waals surface area contributed by atoms with Gasteiger partial charge in [0.15, 0.2) is 0 Å². The van der Waals surface area contributed by atoms with Crippen LogP contribution in [0.5, 0.6) is 5.75 Å². The van der Waals surface area contributed by atoms with Crippen LogP contribution in [0.2, 0.25) is 0 Å². The average molecular weight is 542 g/mol. The number of carbonyl (C=O) groups is 1. The summed E-state index contributed by atoms with van der Waals surface area (Å²) in [5.74, 6) is -4.22. The fourth-order valence-corrected chi connectivity index (χ4v) is 5.22. The van der Waals surface area contributed by atoms with Gasteiger partial charge < -0.3 is 24.8 Å². The first kappa shape index (κ1) is 26.6. The zero-order valence-electron chi connectivity index (χ0n) is 20.6. The monoisotopic (exact) mass is 541 g/mol. The number of nitrogens with zero attached hydrogens (tertiary/aromatic N) is 2. The van der Waals surface area contributed by atoms with E-state index >= 15 is 0 Å². The van der Waals surface area contributed by atoms with Gasteiger partial charge in [0.05, 0.1) is 18.8 Å². The Hall–Kier alpha value is -2.96. The maximum Gasteiger partial charge on any atom is 0.573 e. The second kappa shape index (κ2) is 9.97. The van der Waals surface area contributed by atoms with Gasteiger partial charge in [0.1, 0.15) is 12.4 Å². The first-order valence-corrected chi connectivity index (χ1v) is 12.4. The second-order valence-electron chi connectivity index (χ2n) is 10.0. The number of aliphatic hydroxyl groups is 1. The van der Waals surface area contributed by atoms with Crippen LogP contribution in [0, 0.1) is 0 Å². The third kappa shape index (κ3) is 5.57. The molecule has 2 saturated heterocycles. The van der Waals surface area contributed by atoms with E-state index in [0.717, 1.165) is 6.54 Å². The number of amides is 1. The van der Waals surface area contributed by atoms with Gasteiger partial charge in [-0.3, -0.25) is 9.69 Å². The zero-order chi connectivity index (χ0) is 27.2. The van der Waals surface area contributed by atoms with Crippen molar-refractivity contribution in [2.45, 2.75) is 50.4 Å². The molecule has 206 valence electrons. The van der Waals surface area contributed by atoms with Crippen LogP contribution in [0.4, 0.5) is 27.6 Å². The standard InChI is InChI=1S/C26H28F5N3O4/c1-15(32-24(36)16-2-5-22-17(8-16)13-37-14-25(22,27)28)21-4-3-18(9-23(21)38-26(29,30)31)34-10-19(11-34)33-7-6-20(35)12-33/h2-5,8-9,15,19-20,35H,6-7,10-14H2,1H3,(H,32,36)/t15-,20-/m0/s1. The molecule has 2 fully saturated rings. The van der Waals surface area contributed by atoms with Crippen molar-refractivity contribution in [3.8, 4) is 5.75 Å². The van der Waals surface area contributed by atoms with E-state index in [1.54, 1.807) is 6.07 Å². The third-order valence-corrected chi connectivity index (χ3v) is 7.28. The highest BCUT2D eigenvalue weighted by Crippen LogP contribution is 2.37. The van der Waals surface area contributed by atoms with Crippen molar-refractivity contribution in [3.05, 3.63) is 58.7 Å². The lowest BCUT2D eigenvalue weighted by Crippen LogP contribution is -2.59. The van der Waals surface area contributed by atoms with Crippen LogP contribution in [0.15, 0.2) is 36.4 Å². The Kier molecular flexibility index (Phi) is 6.99. The molecule has 12 heteroatoms. The molecule has 7 nitrogen and oxygen atoms in total. The predicted octanol–water partition coefficient (Wildman–Crippen LogP) is 3.95. The van der Waals surface area contributed by atoms with Crippen molar-refractivity contribution in [1.29, 1.82) is 0 Å². The Morgan fingerprint density at radius 2 is 1.95 bits per heavy atom. The molecule has 2 N–H and O–H groups in total. The number of β-amino-alcohol motifs (C(OH)–C–C–N with tert-alkyl or cyclic N) is 1. The number of likely N-dealkylation sites (tertiary alicyclic amines) is 1. The molecule has 0 bridgehead atoms. The summed E-state index contributed by atoms with van der Waals surface area (Å²) in [6, 6.07) is 7.55. The number of fused-ring (bicyclic) bond motifs is 1. The Morgan fingerprint density at radius 1 is 1.18 bits per heavy atom. The molecule has 2 atom stereocenters. The lowest BCUT2D eigenvalue weighted by molar-refractivity contribution is -0.274. The summed E-state index contributed by atoms with van der Waals surface area (Å²) >= 11 is 0. The number of aliphatic hydroxyl groups excluding tert-OH is 1. The molecule has 0 aliphatic carbocycles. The Bertz CT molecular complexity index is 1200. The summed E-state index contributed by atoms with van der Waals surface area (Å²) in [4.78, 5) is 17.0. The van der Waals surface area contributed by atoms with Crippen LogP contribution >= 0.6 is 0 Å². The minimum atomic E-state index is -4.94. The van der Waals surface area contributed by atoms with E-state index in [1.807, 2.05) is 4.90 Å². The van der Waals surface area contributed by atoms with Gasteiger partial charge in [-0.05, 0) is 37.1 Å². The number of benzene rings is 2. The quantitative estimate of drug-likeness (QED) is 0.540. The number of hydrogen-bond donors (Lipinski definition) is 2. The lowest BCUT2D eigenvalue weighted by atomic mass is 9.97. The van der Waals surface area contributed by atoms with E-state index in [-0.39, 0.29) is 41.0 Å². The smallest absolute Gasteiger partial charge is 0.405 e. The fourth-order valence-electron chi connectivity index (χ4n) is 5.22. The molecule has 1 amide bonds. The molecule has 2 aromatic carbocycles. The molecule has 38 heavy (non-hydrogen) atoms. The average Bonchev–Trinajstić information content (AvgIpc) is 3.22. The summed E-state index contributed by atoms with van der Waals surface area (Å²) in [5.41, 5.74) is 0.734. The van der Waals surface area contributed by atoms with Crippen molar-refractivity contribution in [2.24, 2.45) is 0 Å². The topological polar surface area (TPSA) is 74.3 Å². The van der Waals surface area contributed by atoms with E-state index in [4.69, 9.17) is 4.74 Å². The van der Waals surface area contributed by atoms with Gasteiger partial charge in [-0.2, -0.15) is 8.78 Å². The minimum absolute atomic E-state index is 0.0671. The molecular weight excluding hydrogens is 513 g/mol. The summed E-state index contributed by atoms with van der Waals surface area (Å²) in [5, 5.41) is 12.4. The normalized spacial score (nSPS) is 22.5. The minimum Gasteiger partial charge on any atom is -0.405 e. The molecule has 0 radical (unpaired) electrons. The second-order valence-corrected chi connectivity index (χ2v) is 10.0. The van der Waals surface area contributed by atoms with Crippen LogP contribution in [-0.2, 0) is 17.3 Å². The Morgan fingerprint density at radius 3 is 2.63 bits per heavy atom. The van der Waals surface area contributed by atoms with Crippen LogP contribution in [0.3, 0.4) is 0 Å². The summed E-state index contributed by atoms with van der Waals surface area (Å²) in [7, 11) is 0. The van der Waals surface area contributed by atoms with E-state index in [9.17, 15) is 31.9 Å². The van der Waals surface area contributed by atoms with E-state index in [2.05, 4.69) is 15.0 Å². The molecular formula is C26H28F5N3O4. The van der Waals surface area contributed by atoms with Gasteiger partial charge in [0, 0.05) is 60.7 Å². The fraction of sp³-hybridized carbons (Fsp3) is 0.500. The summed E-state index contributed by atoms with van der Waals surface area (Å²) in [6.45, 7) is 3.33. The molecule has 0 unspecified atom stereocenters. The van der Waals surface area contributed by atoms with Crippen molar-refractivity contribution in [2.75, 3.05) is 37.7 Å². The number of anilines is 1. The highest BCUT2D eigenvalue weighted by Gasteiger charge is 2.39. The number of ether oxygens (including phenoxy) is 2. The molecule has 0 saturated carbocycles. The van der Waals surface area contributed by atoms with Crippen molar-refractivity contribution in [3.63, 3.8) is 0 Å². The highest BCUT2D eigenvalue weighted by atomic mass is 19.4. The Balaban J connectivity index is 1.30. The van der Waals surface area contributed by atoms with Crippen molar-refractivity contribution < 1.29 is 41.3 Å². The SMILES string of the molecule is C[C@H](NC(=O)c1ccc2c(c1)COCC2(F)F)c1ccc(N2CC(N3CC[C@H](O)C3)C2)cc1OC(F)(F)F. The van der Waals surface area contributed by atoms with Crippen LogP contribution in [0.1, 0.15) is 46.4 Å². The number of alkyl halides is 5. The molecule has 0 spiro atoms. The van der Waals surface area contributed by atoms with Crippen LogP contribution in [0.25, 0.3) is 0 Å². The first-order valence-electron chi connectivity index (χ1n) is 12.4. The van der Waals surface area contributed by atoms with Gasteiger partial charge in [-0.25, -0.2) is 0 Å². The van der Waals surface area contributed by atoms with Crippen LogP contribution in [-0.4, -0.2) is 67.2 Å². The van der Waals surface area contributed by atoms with Gasteiger partial charge in [-0.1, -0.05) is 12.1 Å². The third-order valence-electron chi connectivity index (χ3n) is 7.28. The predicted molar refractivity (Wildman–Crippen MR) is 127 cm³/mol. The summed E-state index contributed by atoms with van der Waals surface area (Å²) in [6.07, 6.45) is -4.57. The maximum atomic E-state index is 14.0. The van der Waals surface area contributed by atoms with E-state index in [0.29, 0.717) is 31.7 Å². The molecule has 3 aliphatic heterocycles. The maximum absolute atomic E-state index is 14.0. The number of hydrogen-bond acceptors (Lipinski definition) is 6.